The molecule has 2 aromatic heterocycles. The van der Waals surface area contributed by atoms with Crippen LogP contribution < -0.4 is 27.0 Å². The van der Waals surface area contributed by atoms with Crippen molar-refractivity contribution in [2.45, 2.75) is 19.4 Å². The number of carbonyl (C=O) groups excluding carboxylic acids is 1. The van der Waals surface area contributed by atoms with Gasteiger partial charge in [-0.2, -0.15) is 0 Å². The monoisotopic (exact) mass is 525 g/mol. The number of aromatic nitrogens is 3. The summed E-state index contributed by atoms with van der Waals surface area (Å²) in [5.41, 5.74) is 4.36. The van der Waals surface area contributed by atoms with Gasteiger partial charge in [0.25, 0.3) is 11.5 Å². The van der Waals surface area contributed by atoms with Crippen LogP contribution in [0.5, 0.6) is 11.5 Å². The van der Waals surface area contributed by atoms with Crippen LogP contribution in [0.15, 0.2) is 64.3 Å². The molecular weight excluding hydrogens is 508 g/mol. The number of nitrogens with two attached hydrogens (primary N) is 1. The van der Waals surface area contributed by atoms with Gasteiger partial charge in [-0.25, -0.2) is 23.1 Å². The minimum absolute atomic E-state index is 0.0178. The van der Waals surface area contributed by atoms with Gasteiger partial charge in [0.1, 0.15) is 22.2 Å². The molecule has 3 heterocycles. The number of ether oxygens (including phenoxy) is 1. The van der Waals surface area contributed by atoms with E-state index >= 15 is 0 Å². The number of carbonyl (C=O) groups is 1. The van der Waals surface area contributed by atoms with Gasteiger partial charge in [-0.3, -0.25) is 14.2 Å². The zero-order valence-corrected chi connectivity index (χ0v) is 19.8. The lowest BCUT2D eigenvalue weighted by atomic mass is 10.1. The molecule has 5 rings (SSSR count). The van der Waals surface area contributed by atoms with Crippen LogP contribution >= 0.6 is 11.6 Å². The number of nitrogen functional groups attached to an aromatic ring is 1. The fraction of sp³-hybridized carbons (Fsp3) is 0.120. The second kappa shape index (κ2) is 9.51. The molecule has 3 N–H and O–H groups in total. The van der Waals surface area contributed by atoms with Crippen LogP contribution in [-0.4, -0.2) is 20.0 Å². The predicted molar refractivity (Wildman–Crippen MR) is 133 cm³/mol. The Labute approximate surface area is 212 Å². The Balaban J connectivity index is 1.48. The van der Waals surface area contributed by atoms with E-state index in [2.05, 4.69) is 10.3 Å². The highest BCUT2D eigenvalue weighted by Crippen LogP contribution is 2.34. The topological polar surface area (TPSA) is 121 Å². The number of benzene rings is 2. The maximum Gasteiger partial charge on any atom is 0.335 e. The molecule has 0 bridgehead atoms. The van der Waals surface area contributed by atoms with Crippen molar-refractivity contribution in [3.8, 4) is 17.2 Å². The van der Waals surface area contributed by atoms with Crippen LogP contribution in [0.2, 0.25) is 5.02 Å². The maximum atomic E-state index is 14.8. The summed E-state index contributed by atoms with van der Waals surface area (Å²) in [6.45, 7) is 0.318. The molecular formula is C25H18ClF2N5O4. The number of hydrogen-bond donors (Lipinski definition) is 2. The van der Waals surface area contributed by atoms with Crippen molar-refractivity contribution in [2.75, 3.05) is 11.1 Å². The van der Waals surface area contributed by atoms with Gasteiger partial charge in [0.15, 0.2) is 17.3 Å². The number of nitrogens with zero attached hydrogens (tertiary/aromatic N) is 3. The molecule has 1 aliphatic heterocycles. The summed E-state index contributed by atoms with van der Waals surface area (Å²) in [5, 5.41) is 2.53. The van der Waals surface area contributed by atoms with E-state index in [9.17, 15) is 23.2 Å². The minimum Gasteiger partial charge on any atom is -0.453 e. The third-order valence-electron chi connectivity index (χ3n) is 5.85. The first-order valence-corrected chi connectivity index (χ1v) is 11.5. The Kier molecular flexibility index (Phi) is 6.22. The van der Waals surface area contributed by atoms with Gasteiger partial charge in [0.2, 0.25) is 0 Å². The highest BCUT2D eigenvalue weighted by Gasteiger charge is 2.28. The van der Waals surface area contributed by atoms with Crippen molar-refractivity contribution in [1.29, 1.82) is 0 Å². The van der Waals surface area contributed by atoms with Crippen LogP contribution in [0.3, 0.4) is 0 Å². The van der Waals surface area contributed by atoms with E-state index in [4.69, 9.17) is 22.1 Å². The molecule has 0 unspecified atom stereocenters. The van der Waals surface area contributed by atoms with Crippen LogP contribution in [-0.2, 0) is 13.0 Å². The summed E-state index contributed by atoms with van der Waals surface area (Å²) in [4.78, 5) is 43.3. The molecule has 0 spiro atoms. The van der Waals surface area contributed by atoms with Crippen LogP contribution in [0.25, 0.3) is 5.69 Å². The number of pyridine rings is 1. The fourth-order valence-corrected chi connectivity index (χ4v) is 4.28. The molecule has 0 saturated carbocycles. The Morgan fingerprint density at radius 2 is 1.84 bits per heavy atom. The molecule has 1 aliphatic rings. The summed E-state index contributed by atoms with van der Waals surface area (Å²) >= 11 is 6.03. The molecule has 0 saturated heterocycles. The molecule has 188 valence electrons. The molecule has 0 fully saturated rings. The number of hydrogen-bond acceptors (Lipinski definition) is 6. The van der Waals surface area contributed by atoms with E-state index in [1.54, 1.807) is 0 Å². The highest BCUT2D eigenvalue weighted by molar-refractivity contribution is 6.34. The normalized spacial score (nSPS) is 12.3. The van der Waals surface area contributed by atoms with Gasteiger partial charge in [-0.1, -0.05) is 11.6 Å². The zero-order valence-electron chi connectivity index (χ0n) is 19.0. The Morgan fingerprint density at radius 3 is 2.57 bits per heavy atom. The summed E-state index contributed by atoms with van der Waals surface area (Å²) in [6.07, 6.45) is 2.25. The molecule has 2 aromatic carbocycles. The van der Waals surface area contributed by atoms with E-state index in [0.29, 0.717) is 19.4 Å². The molecule has 0 aliphatic carbocycles. The Bertz CT molecular complexity index is 1670. The smallest absolute Gasteiger partial charge is 0.335 e. The first-order valence-electron chi connectivity index (χ1n) is 11.1. The fourth-order valence-electron chi connectivity index (χ4n) is 4.13. The Morgan fingerprint density at radius 1 is 1.08 bits per heavy atom. The quantitative estimate of drug-likeness (QED) is 0.407. The average molecular weight is 526 g/mol. The average Bonchev–Trinajstić information content (AvgIpc) is 3.34. The number of nitrogens with one attached hydrogen (secondary N) is 1. The van der Waals surface area contributed by atoms with Crippen LogP contribution in [0.4, 0.5) is 20.3 Å². The van der Waals surface area contributed by atoms with Crippen molar-refractivity contribution in [3.05, 3.63) is 103 Å². The molecule has 0 atom stereocenters. The third kappa shape index (κ3) is 4.45. The van der Waals surface area contributed by atoms with Gasteiger partial charge in [0.05, 0.1) is 5.69 Å². The van der Waals surface area contributed by atoms with E-state index in [1.807, 2.05) is 0 Å². The standard InChI is InChI=1S/C25H18ClF2N5O4/c26-21-19(9-10-30-22(21)29)37-18-8-5-14(12-16(18)28)31-23(34)20-17-2-1-11-32(17)25(36)33(24(20)35)15-6-3-13(27)4-7-15/h3-10,12H,1-2,11H2,(H2,29,30)(H,31,34). The summed E-state index contributed by atoms with van der Waals surface area (Å²) in [6, 6.07) is 9.85. The molecule has 4 aromatic rings. The lowest BCUT2D eigenvalue weighted by molar-refractivity contribution is 0.102. The SMILES string of the molecule is Nc1nccc(Oc2ccc(NC(=O)c3c4n(c(=O)n(-c5ccc(F)cc5)c3=O)CCC4)cc2F)c1Cl. The second-order valence-corrected chi connectivity index (χ2v) is 8.56. The maximum absolute atomic E-state index is 14.8. The number of anilines is 2. The first kappa shape index (κ1) is 24.2. The summed E-state index contributed by atoms with van der Waals surface area (Å²) in [5.74, 6) is -2.25. The number of halogens is 3. The molecule has 0 radical (unpaired) electrons. The van der Waals surface area contributed by atoms with Crippen molar-refractivity contribution < 1.29 is 18.3 Å². The van der Waals surface area contributed by atoms with Gasteiger partial charge in [-0.05, 0) is 49.2 Å². The predicted octanol–water partition coefficient (Wildman–Crippen LogP) is 3.90. The largest absolute Gasteiger partial charge is 0.453 e. The third-order valence-corrected chi connectivity index (χ3v) is 6.23. The second-order valence-electron chi connectivity index (χ2n) is 8.19. The number of fused-ring (bicyclic) bond motifs is 1. The van der Waals surface area contributed by atoms with Crippen molar-refractivity contribution in [3.63, 3.8) is 0 Å². The number of amides is 1. The molecule has 9 nitrogen and oxygen atoms in total. The molecule has 1 amide bonds. The van der Waals surface area contributed by atoms with Crippen LogP contribution in [0.1, 0.15) is 22.5 Å². The summed E-state index contributed by atoms with van der Waals surface area (Å²) < 4.78 is 35.8. The van der Waals surface area contributed by atoms with Crippen molar-refractivity contribution >= 4 is 29.0 Å². The van der Waals surface area contributed by atoms with Crippen molar-refractivity contribution in [2.24, 2.45) is 0 Å². The summed E-state index contributed by atoms with van der Waals surface area (Å²) in [7, 11) is 0. The van der Waals surface area contributed by atoms with E-state index < -0.39 is 28.8 Å². The van der Waals surface area contributed by atoms with Crippen LogP contribution in [0, 0.1) is 11.6 Å². The minimum atomic E-state index is -0.854. The van der Waals surface area contributed by atoms with Crippen molar-refractivity contribution in [1.82, 2.24) is 14.1 Å². The van der Waals surface area contributed by atoms with E-state index in [0.717, 1.165) is 22.8 Å². The molecule has 12 heteroatoms. The highest BCUT2D eigenvalue weighted by atomic mass is 35.5. The molecule has 37 heavy (non-hydrogen) atoms. The Hall–Kier alpha value is -4.51. The first-order chi connectivity index (χ1) is 17.7. The van der Waals surface area contributed by atoms with Gasteiger partial charge < -0.3 is 15.8 Å². The van der Waals surface area contributed by atoms with Gasteiger partial charge in [-0.15, -0.1) is 0 Å². The van der Waals surface area contributed by atoms with Gasteiger partial charge >= 0.3 is 5.69 Å². The number of rotatable bonds is 5. The lowest BCUT2D eigenvalue weighted by Gasteiger charge is -2.15. The van der Waals surface area contributed by atoms with E-state index in [-0.39, 0.29) is 45.0 Å². The van der Waals surface area contributed by atoms with Gasteiger partial charge in [0, 0.05) is 36.3 Å². The zero-order chi connectivity index (χ0) is 26.3. The van der Waals surface area contributed by atoms with E-state index in [1.165, 1.54) is 41.1 Å². The lowest BCUT2D eigenvalue weighted by Crippen LogP contribution is -2.43.